The molecule has 0 amide bonds. The molecule has 0 bridgehead atoms. The molecule has 0 unspecified atom stereocenters. The van der Waals surface area contributed by atoms with Gasteiger partial charge in [-0.1, -0.05) is 0 Å². The summed E-state index contributed by atoms with van der Waals surface area (Å²) in [4.78, 5) is 3.87. The molecule has 0 radical (unpaired) electrons. The zero-order valence-electron chi connectivity index (χ0n) is 10.8. The minimum atomic E-state index is -0.609. The lowest BCUT2D eigenvalue weighted by Crippen LogP contribution is -2.44. The van der Waals surface area contributed by atoms with Gasteiger partial charge < -0.3 is 4.74 Å². The third-order valence-electron chi connectivity index (χ3n) is 2.40. The molecule has 6 heteroatoms. The summed E-state index contributed by atoms with van der Waals surface area (Å²) in [5, 5.41) is 12.2. The van der Waals surface area contributed by atoms with E-state index in [0.29, 0.717) is 0 Å². The lowest BCUT2D eigenvalue weighted by Gasteiger charge is -2.31. The maximum Gasteiger partial charge on any atom is 0.250 e. The fraction of sp³-hybridized carbons (Fsp3) is 0.417. The number of hydrazone groups is 1. The Morgan fingerprint density at radius 2 is 2.33 bits per heavy atom. The van der Waals surface area contributed by atoms with Crippen molar-refractivity contribution in [2.24, 2.45) is 5.10 Å². The number of nitrogens with zero attached hydrogens (tertiary/aromatic N) is 3. The van der Waals surface area contributed by atoms with Crippen molar-refractivity contribution in [2.75, 3.05) is 6.61 Å². The van der Waals surface area contributed by atoms with Crippen LogP contribution in [-0.2, 0) is 0 Å². The Hall–Kier alpha value is -1.98. The number of hydrogen-bond donors (Lipinski definition) is 1. The highest BCUT2D eigenvalue weighted by molar-refractivity contribution is 5.52. The van der Waals surface area contributed by atoms with Crippen molar-refractivity contribution in [3.63, 3.8) is 0 Å². The van der Waals surface area contributed by atoms with E-state index in [1.165, 1.54) is 17.3 Å². The summed E-state index contributed by atoms with van der Waals surface area (Å²) in [7, 11) is 0. The Morgan fingerprint density at radius 3 is 2.83 bits per heavy atom. The number of nitrogens with one attached hydrogen (secondary N) is 1. The van der Waals surface area contributed by atoms with E-state index in [1.54, 1.807) is 20.8 Å². The van der Waals surface area contributed by atoms with Crippen LogP contribution in [-0.4, -0.2) is 35.2 Å². The van der Waals surface area contributed by atoms with E-state index in [9.17, 15) is 4.39 Å². The van der Waals surface area contributed by atoms with Gasteiger partial charge in [-0.3, -0.25) is 5.41 Å². The Bertz CT molecular complexity index is 440. The zero-order chi connectivity index (χ0) is 13.8. The quantitative estimate of drug-likeness (QED) is 0.479. The summed E-state index contributed by atoms with van der Waals surface area (Å²) in [6.07, 6.45) is 2.57. The first-order chi connectivity index (χ1) is 8.40. The topological polar surface area (TPSA) is 61.6 Å². The third-order valence-corrected chi connectivity index (χ3v) is 2.40. The zero-order valence-corrected chi connectivity index (χ0v) is 10.8. The summed E-state index contributed by atoms with van der Waals surface area (Å²) >= 11 is 0. The van der Waals surface area contributed by atoms with E-state index in [0.717, 1.165) is 11.9 Å². The van der Waals surface area contributed by atoms with Gasteiger partial charge in [0, 0.05) is 12.9 Å². The van der Waals surface area contributed by atoms with Gasteiger partial charge in [-0.25, -0.2) is 14.4 Å². The predicted octanol–water partition coefficient (Wildman–Crippen LogP) is 2.21. The van der Waals surface area contributed by atoms with Crippen LogP contribution in [0.1, 0.15) is 19.4 Å². The van der Waals surface area contributed by atoms with Crippen molar-refractivity contribution in [3.05, 3.63) is 23.6 Å². The normalized spacial score (nSPS) is 10.9. The second kappa shape index (κ2) is 5.57. The molecular weight excluding hydrogens is 235 g/mol. The van der Waals surface area contributed by atoms with Crippen LogP contribution in [0.3, 0.4) is 0 Å². The van der Waals surface area contributed by atoms with E-state index >= 15 is 0 Å². The minimum Gasteiger partial charge on any atom is -0.473 e. The summed E-state index contributed by atoms with van der Waals surface area (Å²) in [6, 6.07) is 1.36. The first-order valence-corrected chi connectivity index (χ1v) is 5.42. The minimum absolute atomic E-state index is 0.0531. The molecule has 0 aliphatic carbocycles. The average Bonchev–Trinajstić information content (AvgIpc) is 2.29. The third kappa shape index (κ3) is 3.26. The van der Waals surface area contributed by atoms with Crippen LogP contribution in [0.2, 0.25) is 0 Å². The first kappa shape index (κ1) is 14.1. The molecule has 0 aliphatic heterocycles. The van der Waals surface area contributed by atoms with Crippen LogP contribution >= 0.6 is 0 Å². The monoisotopic (exact) mass is 252 g/mol. The SMILES string of the molecule is C=NN(C=N)C(C)(C)COc1ncc(C)cc1F. The fourth-order valence-electron chi connectivity index (χ4n) is 1.35. The highest BCUT2D eigenvalue weighted by Crippen LogP contribution is 2.18. The largest absolute Gasteiger partial charge is 0.473 e. The van der Waals surface area contributed by atoms with Crippen molar-refractivity contribution >= 4 is 13.1 Å². The number of pyridine rings is 1. The lowest BCUT2D eigenvalue weighted by molar-refractivity contribution is 0.127. The number of hydrogen-bond acceptors (Lipinski definition) is 4. The van der Waals surface area contributed by atoms with Crippen LogP contribution in [0.25, 0.3) is 0 Å². The number of ether oxygens (including phenoxy) is 1. The summed E-state index contributed by atoms with van der Waals surface area (Å²) in [6.45, 7) is 8.86. The molecule has 1 N–H and O–H groups in total. The Morgan fingerprint density at radius 1 is 1.67 bits per heavy atom. The molecule has 0 saturated heterocycles. The van der Waals surface area contributed by atoms with Crippen molar-refractivity contribution < 1.29 is 9.13 Å². The molecule has 0 fully saturated rings. The molecule has 5 nitrogen and oxygen atoms in total. The van der Waals surface area contributed by atoms with Gasteiger partial charge >= 0.3 is 0 Å². The molecule has 18 heavy (non-hydrogen) atoms. The maximum absolute atomic E-state index is 13.5. The maximum atomic E-state index is 13.5. The van der Waals surface area contributed by atoms with E-state index in [4.69, 9.17) is 10.1 Å². The summed E-state index contributed by atoms with van der Waals surface area (Å²) in [5.41, 5.74) is 0.121. The molecular formula is C12H17FN4O. The smallest absolute Gasteiger partial charge is 0.250 e. The van der Waals surface area contributed by atoms with Gasteiger partial charge in [-0.2, -0.15) is 5.10 Å². The molecule has 0 aromatic carbocycles. The fourth-order valence-corrected chi connectivity index (χ4v) is 1.35. The molecule has 0 aliphatic rings. The molecule has 1 aromatic rings. The molecule has 98 valence electrons. The first-order valence-electron chi connectivity index (χ1n) is 5.42. The van der Waals surface area contributed by atoms with Crippen molar-refractivity contribution in [1.82, 2.24) is 9.99 Å². The Labute approximate surface area is 106 Å². The number of rotatable bonds is 6. The van der Waals surface area contributed by atoms with Gasteiger partial charge in [0.05, 0.1) is 5.54 Å². The molecule has 0 atom stereocenters. The van der Waals surface area contributed by atoms with Crippen LogP contribution in [0, 0.1) is 18.2 Å². The van der Waals surface area contributed by atoms with Crippen LogP contribution in [0.5, 0.6) is 5.88 Å². The van der Waals surface area contributed by atoms with E-state index < -0.39 is 11.4 Å². The summed E-state index contributed by atoms with van der Waals surface area (Å²) < 4.78 is 18.8. The van der Waals surface area contributed by atoms with E-state index in [2.05, 4.69) is 16.8 Å². The van der Waals surface area contributed by atoms with Crippen molar-refractivity contribution in [3.8, 4) is 5.88 Å². The highest BCUT2D eigenvalue weighted by atomic mass is 19.1. The molecule has 1 heterocycles. The van der Waals surface area contributed by atoms with Gasteiger partial charge in [0.1, 0.15) is 12.9 Å². The molecule has 1 rings (SSSR count). The highest BCUT2D eigenvalue weighted by Gasteiger charge is 2.26. The summed E-state index contributed by atoms with van der Waals surface area (Å²) in [5.74, 6) is -0.554. The van der Waals surface area contributed by atoms with Gasteiger partial charge in [0.2, 0.25) is 5.88 Å². The van der Waals surface area contributed by atoms with Gasteiger partial charge in [-0.05, 0) is 32.4 Å². The number of aromatic nitrogens is 1. The number of aryl methyl sites for hydroxylation is 1. The molecule has 0 spiro atoms. The second-order valence-electron chi connectivity index (χ2n) is 4.52. The lowest BCUT2D eigenvalue weighted by atomic mass is 10.1. The van der Waals surface area contributed by atoms with Crippen LogP contribution < -0.4 is 4.74 Å². The van der Waals surface area contributed by atoms with E-state index in [1.807, 2.05) is 0 Å². The van der Waals surface area contributed by atoms with Crippen molar-refractivity contribution in [2.45, 2.75) is 26.3 Å². The van der Waals surface area contributed by atoms with Gasteiger partial charge in [-0.15, -0.1) is 0 Å². The van der Waals surface area contributed by atoms with Gasteiger partial charge in [0.25, 0.3) is 0 Å². The molecule has 1 aromatic heterocycles. The standard InChI is InChI=1S/C12H17FN4O/c1-9-5-10(13)11(16-6-9)18-7-12(2,3)17(8-14)15-4/h5-6,8,14H,4,7H2,1-3H3. The van der Waals surface area contributed by atoms with Crippen molar-refractivity contribution in [1.29, 1.82) is 5.41 Å². The molecule has 0 saturated carbocycles. The van der Waals surface area contributed by atoms with Gasteiger partial charge in [0.15, 0.2) is 5.82 Å². The Kier molecular flexibility index (Phi) is 4.36. The van der Waals surface area contributed by atoms with Crippen LogP contribution in [0.15, 0.2) is 17.4 Å². The average molecular weight is 252 g/mol. The Balaban J connectivity index is 2.75. The van der Waals surface area contributed by atoms with Crippen LogP contribution in [0.4, 0.5) is 4.39 Å². The van der Waals surface area contributed by atoms with E-state index in [-0.39, 0.29) is 12.5 Å². The predicted molar refractivity (Wildman–Crippen MR) is 68.7 cm³/mol. The number of halogens is 1. The second-order valence-corrected chi connectivity index (χ2v) is 4.52.